The second-order valence-electron chi connectivity index (χ2n) is 4.64. The highest BCUT2D eigenvalue weighted by Gasteiger charge is 2.13. The zero-order valence-electron chi connectivity index (χ0n) is 11.1. The summed E-state index contributed by atoms with van der Waals surface area (Å²) in [7, 11) is 0. The molecule has 0 aliphatic rings. The van der Waals surface area contributed by atoms with Crippen molar-refractivity contribution in [3.05, 3.63) is 51.5 Å². The van der Waals surface area contributed by atoms with E-state index >= 15 is 0 Å². The molecule has 0 saturated heterocycles. The first kappa shape index (κ1) is 14.1. The average Bonchev–Trinajstić information content (AvgIpc) is 2.91. The summed E-state index contributed by atoms with van der Waals surface area (Å²) < 4.78 is 6.23. The highest BCUT2D eigenvalue weighted by Crippen LogP contribution is 2.30. The molecule has 2 N–H and O–H groups in total. The van der Waals surface area contributed by atoms with Crippen LogP contribution in [0.4, 0.5) is 5.69 Å². The Kier molecular flexibility index (Phi) is 3.69. The molecular weight excluding hydrogens is 354 g/mol. The Morgan fingerprint density at radius 2 is 2.00 bits per heavy atom. The number of hydrogen-bond donors (Lipinski definition) is 1. The topological polar surface area (TPSA) is 64.9 Å². The van der Waals surface area contributed by atoms with Crippen LogP contribution in [0.15, 0.2) is 45.4 Å². The Morgan fingerprint density at radius 3 is 2.71 bits per heavy atom. The van der Waals surface area contributed by atoms with Gasteiger partial charge in [0.1, 0.15) is 0 Å². The van der Waals surface area contributed by atoms with E-state index in [1.807, 2.05) is 25.1 Å². The van der Waals surface area contributed by atoms with Crippen LogP contribution >= 0.6 is 27.5 Å². The summed E-state index contributed by atoms with van der Waals surface area (Å²) >= 11 is 9.52. The molecule has 0 fully saturated rings. The van der Waals surface area contributed by atoms with Crippen LogP contribution in [0.25, 0.3) is 22.8 Å². The van der Waals surface area contributed by atoms with Gasteiger partial charge >= 0.3 is 0 Å². The second kappa shape index (κ2) is 5.50. The largest absolute Gasteiger partial charge is 0.398 e. The summed E-state index contributed by atoms with van der Waals surface area (Å²) in [5.41, 5.74) is 8.96. The summed E-state index contributed by atoms with van der Waals surface area (Å²) in [4.78, 5) is 4.40. The molecule has 0 radical (unpaired) electrons. The first-order valence-corrected chi connectivity index (χ1v) is 7.37. The zero-order valence-corrected chi connectivity index (χ0v) is 13.4. The molecule has 6 heteroatoms. The van der Waals surface area contributed by atoms with Crippen molar-refractivity contribution in [2.24, 2.45) is 0 Å². The molecular formula is C15H11BrClN3O. The van der Waals surface area contributed by atoms with Gasteiger partial charge in [0.2, 0.25) is 5.82 Å². The van der Waals surface area contributed by atoms with E-state index in [9.17, 15) is 0 Å². The molecule has 0 aliphatic carbocycles. The van der Waals surface area contributed by atoms with Crippen molar-refractivity contribution in [3.8, 4) is 22.8 Å². The lowest BCUT2D eigenvalue weighted by Gasteiger charge is -2.00. The molecule has 106 valence electrons. The Balaban J connectivity index is 2.01. The molecule has 0 bridgehead atoms. The van der Waals surface area contributed by atoms with E-state index in [4.69, 9.17) is 21.9 Å². The first-order chi connectivity index (χ1) is 10.0. The zero-order chi connectivity index (χ0) is 15.0. The van der Waals surface area contributed by atoms with Gasteiger partial charge in [0, 0.05) is 15.6 Å². The van der Waals surface area contributed by atoms with Gasteiger partial charge in [-0.25, -0.2) is 0 Å². The van der Waals surface area contributed by atoms with Gasteiger partial charge in [0.15, 0.2) is 0 Å². The van der Waals surface area contributed by atoms with Crippen molar-refractivity contribution < 1.29 is 4.52 Å². The van der Waals surface area contributed by atoms with E-state index in [1.54, 1.807) is 18.2 Å². The molecule has 1 aromatic heterocycles. The number of aryl methyl sites for hydroxylation is 1. The van der Waals surface area contributed by atoms with Gasteiger partial charge < -0.3 is 10.3 Å². The van der Waals surface area contributed by atoms with E-state index in [0.717, 1.165) is 21.2 Å². The monoisotopic (exact) mass is 363 g/mol. The standard InChI is InChI=1S/C15H11BrClN3O/c1-8-2-4-10(11(16)6-8)14-19-15(21-20-14)9-3-5-13(18)12(17)7-9/h2-7H,18H2,1H3. The molecule has 21 heavy (non-hydrogen) atoms. The Labute approximate surface area is 135 Å². The van der Waals surface area contributed by atoms with Gasteiger partial charge in [-0.05, 0) is 42.8 Å². The van der Waals surface area contributed by atoms with Gasteiger partial charge in [0.05, 0.1) is 10.7 Å². The van der Waals surface area contributed by atoms with Crippen LogP contribution in [0.1, 0.15) is 5.56 Å². The maximum atomic E-state index is 6.01. The van der Waals surface area contributed by atoms with E-state index in [-0.39, 0.29) is 0 Å². The molecule has 3 aromatic rings. The predicted molar refractivity (Wildman–Crippen MR) is 87.0 cm³/mol. The van der Waals surface area contributed by atoms with E-state index in [1.165, 1.54) is 0 Å². The number of aromatic nitrogens is 2. The first-order valence-electron chi connectivity index (χ1n) is 6.20. The van der Waals surface area contributed by atoms with Crippen LogP contribution in [0.5, 0.6) is 0 Å². The molecule has 0 unspecified atom stereocenters. The van der Waals surface area contributed by atoms with Crippen LogP contribution in [0.3, 0.4) is 0 Å². The highest BCUT2D eigenvalue weighted by molar-refractivity contribution is 9.10. The molecule has 0 spiro atoms. The van der Waals surface area contributed by atoms with Gasteiger partial charge in [-0.1, -0.05) is 38.8 Å². The summed E-state index contributed by atoms with van der Waals surface area (Å²) in [5.74, 6) is 0.921. The summed E-state index contributed by atoms with van der Waals surface area (Å²) in [6.07, 6.45) is 0. The third kappa shape index (κ3) is 2.80. The number of anilines is 1. The van der Waals surface area contributed by atoms with Crippen LogP contribution in [0, 0.1) is 6.92 Å². The van der Waals surface area contributed by atoms with Gasteiger partial charge in [-0.3, -0.25) is 0 Å². The molecule has 2 aromatic carbocycles. The summed E-state index contributed by atoms with van der Waals surface area (Å²) in [6.45, 7) is 2.02. The Hall–Kier alpha value is -1.85. The van der Waals surface area contributed by atoms with Crippen LogP contribution in [-0.2, 0) is 0 Å². The van der Waals surface area contributed by atoms with Crippen molar-refractivity contribution in [2.75, 3.05) is 5.73 Å². The van der Waals surface area contributed by atoms with E-state index < -0.39 is 0 Å². The number of hydrogen-bond acceptors (Lipinski definition) is 4. The lowest BCUT2D eigenvalue weighted by atomic mass is 10.1. The average molecular weight is 365 g/mol. The Morgan fingerprint density at radius 1 is 1.19 bits per heavy atom. The van der Waals surface area contributed by atoms with Crippen molar-refractivity contribution >= 4 is 33.2 Å². The summed E-state index contributed by atoms with van der Waals surface area (Å²) in [5, 5.41) is 4.48. The lowest BCUT2D eigenvalue weighted by molar-refractivity contribution is 0.432. The minimum atomic E-state index is 0.402. The SMILES string of the molecule is Cc1ccc(-c2noc(-c3ccc(N)c(Cl)c3)n2)c(Br)c1. The summed E-state index contributed by atoms with van der Waals surface area (Å²) in [6, 6.07) is 11.2. The highest BCUT2D eigenvalue weighted by atomic mass is 79.9. The van der Waals surface area contributed by atoms with Crippen LogP contribution in [-0.4, -0.2) is 10.1 Å². The van der Waals surface area contributed by atoms with E-state index in [0.29, 0.717) is 22.4 Å². The van der Waals surface area contributed by atoms with Crippen molar-refractivity contribution in [3.63, 3.8) is 0 Å². The number of halogens is 2. The number of nitrogens with zero attached hydrogens (tertiary/aromatic N) is 2. The number of nitrogen functional groups attached to an aromatic ring is 1. The van der Waals surface area contributed by atoms with Gasteiger partial charge in [-0.2, -0.15) is 4.98 Å². The minimum Gasteiger partial charge on any atom is -0.398 e. The fraction of sp³-hybridized carbons (Fsp3) is 0.0667. The number of nitrogens with two attached hydrogens (primary N) is 1. The predicted octanol–water partition coefficient (Wildman–Crippen LogP) is 4.71. The van der Waals surface area contributed by atoms with E-state index in [2.05, 4.69) is 26.1 Å². The molecule has 0 aliphatic heterocycles. The molecule has 0 amide bonds. The molecule has 4 nitrogen and oxygen atoms in total. The maximum absolute atomic E-state index is 6.01. The van der Waals surface area contributed by atoms with Gasteiger partial charge in [-0.15, -0.1) is 0 Å². The molecule has 3 rings (SSSR count). The normalized spacial score (nSPS) is 10.8. The fourth-order valence-corrected chi connectivity index (χ4v) is 2.76. The maximum Gasteiger partial charge on any atom is 0.258 e. The molecule has 0 saturated carbocycles. The second-order valence-corrected chi connectivity index (χ2v) is 5.90. The smallest absolute Gasteiger partial charge is 0.258 e. The van der Waals surface area contributed by atoms with Gasteiger partial charge in [0.25, 0.3) is 5.89 Å². The Bertz CT molecular complexity index is 816. The van der Waals surface area contributed by atoms with Crippen LogP contribution in [0.2, 0.25) is 5.02 Å². The quantitative estimate of drug-likeness (QED) is 0.669. The lowest BCUT2D eigenvalue weighted by Crippen LogP contribution is -1.87. The molecule has 1 heterocycles. The number of rotatable bonds is 2. The third-order valence-electron chi connectivity index (χ3n) is 3.04. The van der Waals surface area contributed by atoms with Crippen molar-refractivity contribution in [1.29, 1.82) is 0 Å². The third-order valence-corrected chi connectivity index (χ3v) is 4.02. The number of benzene rings is 2. The molecule has 0 atom stereocenters. The minimum absolute atomic E-state index is 0.402. The fourth-order valence-electron chi connectivity index (χ4n) is 1.91. The van der Waals surface area contributed by atoms with Crippen molar-refractivity contribution in [1.82, 2.24) is 10.1 Å². The van der Waals surface area contributed by atoms with Crippen LogP contribution < -0.4 is 5.73 Å². The van der Waals surface area contributed by atoms with Crippen molar-refractivity contribution in [2.45, 2.75) is 6.92 Å².